The van der Waals surface area contributed by atoms with E-state index < -0.39 is 0 Å². The van der Waals surface area contributed by atoms with E-state index >= 15 is 0 Å². The normalized spacial score (nSPS) is 17.9. The number of hydrogen-bond acceptors (Lipinski definition) is 0. The van der Waals surface area contributed by atoms with Gasteiger partial charge in [-0.2, -0.15) is 0 Å². The molecule has 0 radical (unpaired) electrons. The molecule has 0 bridgehead atoms. The minimum atomic E-state index is 0.158. The molecule has 0 aromatic heterocycles. The van der Waals surface area contributed by atoms with Gasteiger partial charge in [0.1, 0.15) is 0 Å². The molecule has 1 aromatic rings. The van der Waals surface area contributed by atoms with Gasteiger partial charge in [0.2, 0.25) is 0 Å². The Morgan fingerprint density at radius 1 is 1.20 bits per heavy atom. The van der Waals surface area contributed by atoms with Crippen LogP contribution in [-0.4, -0.2) is 0 Å². The molecule has 0 saturated carbocycles. The van der Waals surface area contributed by atoms with Crippen molar-refractivity contribution in [2.75, 3.05) is 0 Å². The number of rotatable bonds is 1. The molecule has 0 aliphatic heterocycles. The fourth-order valence-corrected chi connectivity index (χ4v) is 2.41. The van der Waals surface area contributed by atoms with Gasteiger partial charge in [-0.3, -0.25) is 0 Å². The summed E-state index contributed by atoms with van der Waals surface area (Å²) in [7, 11) is 0. The van der Waals surface area contributed by atoms with Crippen LogP contribution in [0.5, 0.6) is 0 Å². The summed E-state index contributed by atoms with van der Waals surface area (Å²) in [5, 5.41) is 0. The van der Waals surface area contributed by atoms with Crippen LogP contribution in [0.4, 0.5) is 0 Å². The maximum atomic E-state index is 3.92. The Hall–Kier alpha value is -1.30. The summed E-state index contributed by atoms with van der Waals surface area (Å²) in [6, 6.07) is 6.70. The molecule has 0 fully saturated rings. The quantitative estimate of drug-likeness (QED) is 0.633. The van der Waals surface area contributed by atoms with Gasteiger partial charge < -0.3 is 0 Å². The van der Waals surface area contributed by atoms with E-state index in [9.17, 15) is 0 Å². The molecule has 0 heteroatoms. The lowest BCUT2D eigenvalue weighted by molar-refractivity contribution is 0.638. The number of allylic oxidation sites excluding steroid dienone is 3. The molecule has 0 spiro atoms. The van der Waals surface area contributed by atoms with E-state index in [1.54, 1.807) is 0 Å². The van der Waals surface area contributed by atoms with Crippen LogP contribution in [0.2, 0.25) is 0 Å². The standard InChI is InChI=1S/C15H18/c1-6-12-11(3)15(4,5)14-9-10(2)7-8-13(12)14/h6-9H,1H2,2-5H3. The molecule has 2 rings (SSSR count). The van der Waals surface area contributed by atoms with Crippen molar-refractivity contribution in [1.82, 2.24) is 0 Å². The number of fused-ring (bicyclic) bond motifs is 1. The van der Waals surface area contributed by atoms with Gasteiger partial charge in [0.25, 0.3) is 0 Å². The zero-order chi connectivity index (χ0) is 11.2. The van der Waals surface area contributed by atoms with Gasteiger partial charge in [-0.1, -0.05) is 55.8 Å². The maximum absolute atomic E-state index is 3.92. The van der Waals surface area contributed by atoms with Gasteiger partial charge in [0, 0.05) is 5.41 Å². The van der Waals surface area contributed by atoms with Crippen molar-refractivity contribution < 1.29 is 0 Å². The third kappa shape index (κ3) is 1.28. The van der Waals surface area contributed by atoms with Crippen LogP contribution in [0, 0.1) is 6.92 Å². The zero-order valence-corrected chi connectivity index (χ0v) is 10.0. The molecule has 0 atom stereocenters. The first-order valence-corrected chi connectivity index (χ1v) is 5.43. The van der Waals surface area contributed by atoms with E-state index in [0.29, 0.717) is 0 Å². The fourth-order valence-electron chi connectivity index (χ4n) is 2.41. The summed E-state index contributed by atoms with van der Waals surface area (Å²) < 4.78 is 0. The molecule has 0 nitrogen and oxygen atoms in total. The number of hydrogen-bond donors (Lipinski definition) is 0. The smallest absolute Gasteiger partial charge is 0.0118 e. The van der Waals surface area contributed by atoms with Crippen molar-refractivity contribution in [2.45, 2.75) is 33.1 Å². The van der Waals surface area contributed by atoms with Crippen molar-refractivity contribution in [1.29, 1.82) is 0 Å². The van der Waals surface area contributed by atoms with Crippen LogP contribution in [0.3, 0.4) is 0 Å². The van der Waals surface area contributed by atoms with E-state index in [0.717, 1.165) is 0 Å². The molecule has 0 heterocycles. The minimum absolute atomic E-state index is 0.158. The highest BCUT2D eigenvalue weighted by Crippen LogP contribution is 2.46. The van der Waals surface area contributed by atoms with Gasteiger partial charge in [-0.05, 0) is 30.5 Å². The number of aryl methyl sites for hydroxylation is 1. The topological polar surface area (TPSA) is 0 Å². The first kappa shape index (κ1) is 10.2. The summed E-state index contributed by atoms with van der Waals surface area (Å²) in [6.45, 7) is 12.9. The lowest BCUT2D eigenvalue weighted by atomic mass is 9.81. The molecular weight excluding hydrogens is 180 g/mol. The second kappa shape index (κ2) is 3.10. The highest BCUT2D eigenvalue weighted by atomic mass is 14.4. The van der Waals surface area contributed by atoms with Gasteiger partial charge in [0.15, 0.2) is 0 Å². The molecule has 78 valence electrons. The zero-order valence-electron chi connectivity index (χ0n) is 10.0. The van der Waals surface area contributed by atoms with Crippen LogP contribution in [-0.2, 0) is 5.41 Å². The lowest BCUT2D eigenvalue weighted by Crippen LogP contribution is -2.15. The van der Waals surface area contributed by atoms with E-state index in [2.05, 4.69) is 52.5 Å². The van der Waals surface area contributed by atoms with Gasteiger partial charge in [0.05, 0.1) is 0 Å². The van der Waals surface area contributed by atoms with E-state index in [-0.39, 0.29) is 5.41 Å². The lowest BCUT2D eigenvalue weighted by Gasteiger charge is -2.22. The van der Waals surface area contributed by atoms with Crippen LogP contribution in [0.15, 0.2) is 36.4 Å². The van der Waals surface area contributed by atoms with Crippen molar-refractivity contribution in [2.24, 2.45) is 0 Å². The first-order valence-electron chi connectivity index (χ1n) is 5.43. The Balaban J connectivity index is 2.76. The average Bonchev–Trinajstić information content (AvgIpc) is 2.37. The predicted molar refractivity (Wildman–Crippen MR) is 67.0 cm³/mol. The predicted octanol–water partition coefficient (Wildman–Crippen LogP) is 4.25. The molecule has 1 aromatic carbocycles. The monoisotopic (exact) mass is 198 g/mol. The molecule has 0 amide bonds. The van der Waals surface area contributed by atoms with Crippen molar-refractivity contribution in [3.05, 3.63) is 53.1 Å². The summed E-state index contributed by atoms with van der Waals surface area (Å²) in [5.74, 6) is 0. The largest absolute Gasteiger partial charge is 0.0984 e. The van der Waals surface area contributed by atoms with E-state index in [1.165, 1.54) is 27.8 Å². The first-order chi connectivity index (χ1) is 6.98. The molecule has 15 heavy (non-hydrogen) atoms. The summed E-state index contributed by atoms with van der Waals surface area (Å²) in [4.78, 5) is 0. The second-order valence-electron chi connectivity index (χ2n) is 4.92. The summed E-state index contributed by atoms with van der Waals surface area (Å²) in [6.07, 6.45) is 1.98. The Bertz CT molecular complexity index is 459. The highest BCUT2D eigenvalue weighted by molar-refractivity contribution is 5.85. The van der Waals surface area contributed by atoms with E-state index in [1.807, 2.05) is 6.08 Å². The third-order valence-electron chi connectivity index (χ3n) is 3.68. The van der Waals surface area contributed by atoms with Gasteiger partial charge in [-0.15, -0.1) is 0 Å². The Morgan fingerprint density at radius 2 is 1.87 bits per heavy atom. The van der Waals surface area contributed by atoms with Gasteiger partial charge >= 0.3 is 0 Å². The van der Waals surface area contributed by atoms with Crippen LogP contribution in [0.1, 0.15) is 37.5 Å². The molecule has 0 saturated heterocycles. The SMILES string of the molecule is C=CC1=C(C)C(C)(C)c2cc(C)ccc21. The van der Waals surface area contributed by atoms with Gasteiger partial charge in [-0.25, -0.2) is 0 Å². The fraction of sp³-hybridized carbons (Fsp3) is 0.333. The van der Waals surface area contributed by atoms with Crippen LogP contribution < -0.4 is 0 Å². The Labute approximate surface area is 92.3 Å². The third-order valence-corrected chi connectivity index (χ3v) is 3.68. The minimum Gasteiger partial charge on any atom is -0.0984 e. The second-order valence-corrected chi connectivity index (χ2v) is 4.92. The van der Waals surface area contributed by atoms with Crippen molar-refractivity contribution in [3.8, 4) is 0 Å². The molecule has 1 aliphatic rings. The average molecular weight is 198 g/mol. The summed E-state index contributed by atoms with van der Waals surface area (Å²) in [5.41, 5.74) is 7.03. The van der Waals surface area contributed by atoms with Crippen molar-refractivity contribution in [3.63, 3.8) is 0 Å². The molecule has 0 unspecified atom stereocenters. The molecule has 0 N–H and O–H groups in total. The maximum Gasteiger partial charge on any atom is 0.0118 e. The molecular formula is C15H18. The number of benzene rings is 1. The van der Waals surface area contributed by atoms with Crippen LogP contribution >= 0.6 is 0 Å². The highest BCUT2D eigenvalue weighted by Gasteiger charge is 2.33. The Kier molecular flexibility index (Phi) is 2.11. The van der Waals surface area contributed by atoms with E-state index in [4.69, 9.17) is 0 Å². The molecule has 1 aliphatic carbocycles. The Morgan fingerprint density at radius 3 is 2.47 bits per heavy atom. The van der Waals surface area contributed by atoms with Crippen molar-refractivity contribution >= 4 is 5.57 Å². The van der Waals surface area contributed by atoms with Crippen LogP contribution in [0.25, 0.3) is 5.57 Å². The summed E-state index contributed by atoms with van der Waals surface area (Å²) >= 11 is 0.